The normalized spacial score (nSPS) is 18.6. The number of amides is 1. The van der Waals surface area contributed by atoms with Gasteiger partial charge >= 0.3 is 5.97 Å². The van der Waals surface area contributed by atoms with Crippen molar-refractivity contribution in [2.45, 2.75) is 44.9 Å². The van der Waals surface area contributed by atoms with Crippen molar-refractivity contribution < 1.29 is 14.7 Å². The summed E-state index contributed by atoms with van der Waals surface area (Å²) in [6.07, 6.45) is 3.81. The Bertz CT molecular complexity index is 513. The summed E-state index contributed by atoms with van der Waals surface area (Å²) in [5.74, 6) is -0.854. The molecule has 0 aromatic heterocycles. The molecule has 21 heavy (non-hydrogen) atoms. The summed E-state index contributed by atoms with van der Waals surface area (Å²) in [4.78, 5) is 23.2. The van der Waals surface area contributed by atoms with Crippen LogP contribution in [0, 0.1) is 5.92 Å². The maximum Gasteiger partial charge on any atom is 0.303 e. The van der Waals surface area contributed by atoms with Crippen LogP contribution < -0.4 is 5.32 Å². The van der Waals surface area contributed by atoms with Gasteiger partial charge in [-0.15, -0.1) is 0 Å². The number of hydrogen-bond acceptors (Lipinski definition) is 2. The monoisotopic (exact) mass is 289 g/mol. The van der Waals surface area contributed by atoms with Crippen LogP contribution in [0.3, 0.4) is 0 Å². The predicted octanol–water partition coefficient (Wildman–Crippen LogP) is 2.72. The van der Waals surface area contributed by atoms with Crippen LogP contribution in [0.1, 0.15) is 49.7 Å². The summed E-state index contributed by atoms with van der Waals surface area (Å²) >= 11 is 0. The second-order valence-electron chi connectivity index (χ2n) is 5.76. The van der Waals surface area contributed by atoms with Crippen molar-refractivity contribution in [2.24, 2.45) is 5.92 Å². The third-order valence-corrected chi connectivity index (χ3v) is 4.29. The molecule has 2 rings (SSSR count). The number of benzene rings is 1. The van der Waals surface area contributed by atoms with Gasteiger partial charge in [-0.1, -0.05) is 37.6 Å². The fourth-order valence-corrected chi connectivity index (χ4v) is 3.00. The highest BCUT2D eigenvalue weighted by Gasteiger charge is 2.26. The first kappa shape index (κ1) is 15.5. The number of carbonyl (C=O) groups is 2. The lowest BCUT2D eigenvalue weighted by atomic mass is 9.82. The summed E-state index contributed by atoms with van der Waals surface area (Å²) in [7, 11) is 0. The molecule has 4 heteroatoms. The Hall–Kier alpha value is -1.84. The van der Waals surface area contributed by atoms with Gasteiger partial charge in [0.2, 0.25) is 5.91 Å². The van der Waals surface area contributed by atoms with E-state index in [9.17, 15) is 9.59 Å². The zero-order chi connectivity index (χ0) is 15.2. The minimum Gasteiger partial charge on any atom is -0.481 e. The third kappa shape index (κ3) is 4.06. The third-order valence-electron chi connectivity index (χ3n) is 4.29. The highest BCUT2D eigenvalue weighted by molar-refractivity contribution is 5.84. The highest BCUT2D eigenvalue weighted by atomic mass is 16.4. The molecule has 1 aliphatic carbocycles. The van der Waals surface area contributed by atoms with Gasteiger partial charge in [-0.3, -0.25) is 9.59 Å². The van der Waals surface area contributed by atoms with Crippen LogP contribution in [0.4, 0.5) is 0 Å². The maximum absolute atomic E-state index is 12.4. The van der Waals surface area contributed by atoms with Gasteiger partial charge < -0.3 is 10.4 Å². The molecule has 0 saturated carbocycles. The van der Waals surface area contributed by atoms with E-state index in [4.69, 9.17) is 5.11 Å². The van der Waals surface area contributed by atoms with Crippen molar-refractivity contribution >= 4 is 11.9 Å². The first-order valence-electron chi connectivity index (χ1n) is 7.69. The number of carbonyl (C=O) groups excluding carboxylic acids is 1. The standard InChI is InChI=1S/C17H23NO3/c1-2-12(10-16(19)20)11-18-17(21)15-9-5-7-13-6-3-4-8-14(13)15/h3-4,6,8,12,15H,2,5,7,9-11H2,1H3,(H,18,21)(H,19,20). The zero-order valence-corrected chi connectivity index (χ0v) is 12.5. The first-order valence-corrected chi connectivity index (χ1v) is 7.69. The van der Waals surface area contributed by atoms with Crippen molar-refractivity contribution in [3.8, 4) is 0 Å². The Morgan fingerprint density at radius 3 is 2.86 bits per heavy atom. The highest BCUT2D eigenvalue weighted by Crippen LogP contribution is 2.31. The van der Waals surface area contributed by atoms with Gasteiger partial charge in [0.15, 0.2) is 0 Å². The summed E-state index contributed by atoms with van der Waals surface area (Å²) in [6, 6.07) is 8.12. The molecule has 0 bridgehead atoms. The predicted molar refractivity (Wildman–Crippen MR) is 81.2 cm³/mol. The first-order chi connectivity index (χ1) is 10.1. The Labute approximate surface area is 125 Å². The number of aliphatic carboxylic acids is 1. The molecule has 4 nitrogen and oxygen atoms in total. The van der Waals surface area contributed by atoms with Crippen LogP contribution in [-0.2, 0) is 16.0 Å². The van der Waals surface area contributed by atoms with Crippen molar-refractivity contribution in [1.82, 2.24) is 5.32 Å². The number of aryl methyl sites for hydroxylation is 1. The molecule has 2 unspecified atom stereocenters. The van der Waals surface area contributed by atoms with Gasteiger partial charge in [-0.2, -0.15) is 0 Å². The number of nitrogens with one attached hydrogen (secondary N) is 1. The lowest BCUT2D eigenvalue weighted by Crippen LogP contribution is -2.35. The molecule has 0 heterocycles. The largest absolute Gasteiger partial charge is 0.481 e. The summed E-state index contributed by atoms with van der Waals surface area (Å²) in [6.45, 7) is 2.40. The van der Waals surface area contributed by atoms with Gasteiger partial charge in [0.05, 0.1) is 5.92 Å². The second-order valence-corrected chi connectivity index (χ2v) is 5.76. The van der Waals surface area contributed by atoms with Crippen molar-refractivity contribution in [1.29, 1.82) is 0 Å². The van der Waals surface area contributed by atoms with E-state index in [1.54, 1.807) is 0 Å². The maximum atomic E-state index is 12.4. The van der Waals surface area contributed by atoms with E-state index in [0.717, 1.165) is 31.2 Å². The van der Waals surface area contributed by atoms with Gasteiger partial charge in [0.1, 0.15) is 0 Å². The molecular formula is C17H23NO3. The summed E-state index contributed by atoms with van der Waals surface area (Å²) in [5.41, 5.74) is 2.40. The van der Waals surface area contributed by atoms with Crippen molar-refractivity contribution in [3.63, 3.8) is 0 Å². The minimum absolute atomic E-state index is 0.00489. The molecule has 114 valence electrons. The topological polar surface area (TPSA) is 66.4 Å². The Morgan fingerprint density at radius 2 is 2.14 bits per heavy atom. The molecule has 0 spiro atoms. The quantitative estimate of drug-likeness (QED) is 0.846. The summed E-state index contributed by atoms with van der Waals surface area (Å²) in [5, 5.41) is 11.8. The molecule has 1 amide bonds. The number of fused-ring (bicyclic) bond motifs is 1. The fourth-order valence-electron chi connectivity index (χ4n) is 3.00. The molecule has 1 aliphatic rings. The lowest BCUT2D eigenvalue weighted by molar-refractivity contribution is -0.138. The van der Waals surface area contributed by atoms with E-state index < -0.39 is 5.97 Å². The Morgan fingerprint density at radius 1 is 1.38 bits per heavy atom. The van der Waals surface area contributed by atoms with E-state index >= 15 is 0 Å². The van der Waals surface area contributed by atoms with E-state index in [0.29, 0.717) is 6.54 Å². The molecule has 1 aromatic rings. The average Bonchev–Trinajstić information content (AvgIpc) is 2.50. The summed E-state index contributed by atoms with van der Waals surface area (Å²) < 4.78 is 0. The van der Waals surface area contributed by atoms with E-state index in [2.05, 4.69) is 11.4 Å². The Balaban J connectivity index is 1.97. The van der Waals surface area contributed by atoms with Gasteiger partial charge in [-0.25, -0.2) is 0 Å². The molecule has 0 radical (unpaired) electrons. The second kappa shape index (κ2) is 7.25. The van der Waals surface area contributed by atoms with Crippen LogP contribution in [0.5, 0.6) is 0 Å². The van der Waals surface area contributed by atoms with E-state index in [1.807, 2.05) is 25.1 Å². The van der Waals surface area contributed by atoms with Crippen LogP contribution in [0.25, 0.3) is 0 Å². The number of rotatable bonds is 6. The molecule has 1 aromatic carbocycles. The average molecular weight is 289 g/mol. The van der Waals surface area contributed by atoms with Crippen LogP contribution in [0.2, 0.25) is 0 Å². The van der Waals surface area contributed by atoms with E-state index in [-0.39, 0.29) is 24.2 Å². The zero-order valence-electron chi connectivity index (χ0n) is 12.5. The van der Waals surface area contributed by atoms with Crippen LogP contribution >= 0.6 is 0 Å². The van der Waals surface area contributed by atoms with Crippen molar-refractivity contribution in [3.05, 3.63) is 35.4 Å². The molecule has 2 N–H and O–H groups in total. The molecular weight excluding hydrogens is 266 g/mol. The number of carboxylic acids is 1. The van der Waals surface area contributed by atoms with Crippen LogP contribution in [-0.4, -0.2) is 23.5 Å². The number of hydrogen-bond donors (Lipinski definition) is 2. The van der Waals surface area contributed by atoms with Gasteiger partial charge in [0.25, 0.3) is 0 Å². The minimum atomic E-state index is -0.806. The van der Waals surface area contributed by atoms with Crippen LogP contribution in [0.15, 0.2) is 24.3 Å². The Kier molecular flexibility index (Phi) is 5.37. The molecule has 0 aliphatic heterocycles. The molecule has 0 saturated heterocycles. The number of carboxylic acid groups (broad SMARTS) is 1. The van der Waals surface area contributed by atoms with Crippen molar-refractivity contribution in [2.75, 3.05) is 6.54 Å². The van der Waals surface area contributed by atoms with Gasteiger partial charge in [0, 0.05) is 13.0 Å². The lowest BCUT2D eigenvalue weighted by Gasteiger charge is -2.25. The van der Waals surface area contributed by atoms with E-state index in [1.165, 1.54) is 5.56 Å². The molecule has 2 atom stereocenters. The fraction of sp³-hybridized carbons (Fsp3) is 0.529. The smallest absolute Gasteiger partial charge is 0.303 e. The van der Waals surface area contributed by atoms with Gasteiger partial charge in [-0.05, 0) is 36.3 Å². The molecule has 0 fully saturated rings. The SMILES string of the molecule is CCC(CNC(=O)C1CCCc2ccccc21)CC(=O)O.